The summed E-state index contributed by atoms with van der Waals surface area (Å²) in [6.07, 6.45) is 0.856. The van der Waals surface area contributed by atoms with Gasteiger partial charge < -0.3 is 20.1 Å². The van der Waals surface area contributed by atoms with Crippen molar-refractivity contribution < 1.29 is 19.1 Å². The van der Waals surface area contributed by atoms with Crippen molar-refractivity contribution in [2.24, 2.45) is 0 Å². The Bertz CT molecular complexity index is 1540. The van der Waals surface area contributed by atoms with Crippen LogP contribution in [0, 0.1) is 0 Å². The molecule has 0 radical (unpaired) electrons. The highest BCUT2D eigenvalue weighted by atomic mass is 32.2. The molecule has 0 fully saturated rings. The maximum absolute atomic E-state index is 13.4. The van der Waals surface area contributed by atoms with Gasteiger partial charge in [0.1, 0.15) is 0 Å². The minimum Gasteiger partial charge on any atom is -0.493 e. The Morgan fingerprint density at radius 2 is 1.72 bits per heavy atom. The molecule has 4 aromatic rings. The van der Waals surface area contributed by atoms with E-state index in [0.29, 0.717) is 45.4 Å². The molecule has 1 aromatic heterocycles. The van der Waals surface area contributed by atoms with E-state index in [-0.39, 0.29) is 29.7 Å². The Kier molecular flexibility index (Phi) is 9.22. The lowest BCUT2D eigenvalue weighted by molar-refractivity contribution is -0.113. The molecule has 10 heteroatoms. The number of carbonyl (C=O) groups excluding carboxylic acids is 2. The lowest BCUT2D eigenvalue weighted by atomic mass is 10.1. The summed E-state index contributed by atoms with van der Waals surface area (Å²) in [5.41, 5.74) is 2.30. The molecule has 0 saturated carbocycles. The van der Waals surface area contributed by atoms with E-state index in [0.717, 1.165) is 12.0 Å². The van der Waals surface area contributed by atoms with E-state index >= 15 is 0 Å². The first-order valence-electron chi connectivity index (χ1n) is 12.4. The van der Waals surface area contributed by atoms with Gasteiger partial charge in [0, 0.05) is 23.9 Å². The number of hydrogen-bond acceptors (Lipinski definition) is 7. The van der Waals surface area contributed by atoms with Crippen LogP contribution in [0.25, 0.3) is 10.9 Å². The van der Waals surface area contributed by atoms with Gasteiger partial charge in [0.05, 0.1) is 37.4 Å². The number of nitrogens with zero attached hydrogens (tertiary/aromatic N) is 2. The van der Waals surface area contributed by atoms with Gasteiger partial charge in [-0.1, -0.05) is 43.0 Å². The van der Waals surface area contributed by atoms with Crippen LogP contribution in [0.5, 0.6) is 11.5 Å². The minimum atomic E-state index is -0.261. The molecule has 0 aliphatic carbocycles. The van der Waals surface area contributed by atoms with E-state index in [1.54, 1.807) is 60.2 Å². The predicted octanol–water partition coefficient (Wildman–Crippen LogP) is 4.33. The monoisotopic (exact) mass is 546 g/mol. The van der Waals surface area contributed by atoms with E-state index in [2.05, 4.69) is 15.6 Å². The van der Waals surface area contributed by atoms with E-state index in [1.807, 2.05) is 25.1 Å². The number of hydrogen-bond donors (Lipinski definition) is 2. The van der Waals surface area contributed by atoms with Crippen LogP contribution in [0.1, 0.15) is 29.3 Å². The summed E-state index contributed by atoms with van der Waals surface area (Å²) in [4.78, 5) is 43.1. The van der Waals surface area contributed by atoms with Gasteiger partial charge in [0.2, 0.25) is 5.91 Å². The van der Waals surface area contributed by atoms with Gasteiger partial charge in [-0.05, 0) is 48.4 Å². The topological polar surface area (TPSA) is 112 Å². The molecule has 0 spiro atoms. The van der Waals surface area contributed by atoms with E-state index in [1.165, 1.54) is 18.9 Å². The third-order valence-electron chi connectivity index (χ3n) is 5.92. The number of para-hydroxylation sites is 1. The molecule has 3 aromatic carbocycles. The van der Waals surface area contributed by atoms with Crippen molar-refractivity contribution in [2.75, 3.05) is 31.8 Å². The Balaban J connectivity index is 1.54. The molecule has 2 amide bonds. The molecule has 2 N–H and O–H groups in total. The number of aromatic nitrogens is 2. The van der Waals surface area contributed by atoms with Crippen LogP contribution in [0.3, 0.4) is 0 Å². The SMILES string of the molecule is CCCNC(=O)c1ccc(Cn2c(SCC(=O)Nc3ccc(OC)c(OC)c3)nc3ccccc3c2=O)cc1. The number of methoxy groups -OCH3 is 2. The van der Waals surface area contributed by atoms with Crippen molar-refractivity contribution in [3.05, 3.63) is 88.2 Å². The fourth-order valence-corrected chi connectivity index (χ4v) is 4.72. The molecule has 0 aliphatic heterocycles. The maximum Gasteiger partial charge on any atom is 0.262 e. The number of rotatable bonds is 11. The summed E-state index contributed by atoms with van der Waals surface area (Å²) in [5, 5.41) is 6.61. The minimum absolute atomic E-state index is 0.0374. The largest absolute Gasteiger partial charge is 0.493 e. The van der Waals surface area contributed by atoms with Gasteiger partial charge in [0.25, 0.3) is 11.5 Å². The van der Waals surface area contributed by atoms with Crippen LogP contribution in [0.2, 0.25) is 0 Å². The summed E-state index contributed by atoms with van der Waals surface area (Å²) in [7, 11) is 3.07. The smallest absolute Gasteiger partial charge is 0.262 e. The second kappa shape index (κ2) is 13.0. The van der Waals surface area contributed by atoms with E-state index in [9.17, 15) is 14.4 Å². The van der Waals surface area contributed by atoms with Crippen molar-refractivity contribution in [3.8, 4) is 11.5 Å². The zero-order chi connectivity index (χ0) is 27.8. The lowest BCUT2D eigenvalue weighted by Crippen LogP contribution is -2.25. The molecule has 9 nitrogen and oxygen atoms in total. The molecule has 0 bridgehead atoms. The number of benzene rings is 3. The molecule has 0 atom stereocenters. The Morgan fingerprint density at radius 3 is 2.44 bits per heavy atom. The van der Waals surface area contributed by atoms with Crippen LogP contribution in [-0.2, 0) is 11.3 Å². The van der Waals surface area contributed by atoms with Crippen molar-refractivity contribution in [1.82, 2.24) is 14.9 Å². The fraction of sp³-hybridized carbons (Fsp3) is 0.241. The van der Waals surface area contributed by atoms with Crippen LogP contribution >= 0.6 is 11.8 Å². The summed E-state index contributed by atoms with van der Waals surface area (Å²) < 4.78 is 12.1. The maximum atomic E-state index is 13.4. The average molecular weight is 547 g/mol. The highest BCUT2D eigenvalue weighted by molar-refractivity contribution is 7.99. The van der Waals surface area contributed by atoms with Crippen molar-refractivity contribution in [1.29, 1.82) is 0 Å². The summed E-state index contributed by atoms with van der Waals surface area (Å²) >= 11 is 1.18. The first-order chi connectivity index (χ1) is 18.9. The molecular formula is C29H30N4O5S. The number of fused-ring (bicyclic) bond motifs is 1. The van der Waals surface area contributed by atoms with Crippen LogP contribution in [0.4, 0.5) is 5.69 Å². The van der Waals surface area contributed by atoms with E-state index < -0.39 is 0 Å². The summed E-state index contributed by atoms with van der Waals surface area (Å²) in [5.74, 6) is 0.703. The predicted molar refractivity (Wildman–Crippen MR) is 153 cm³/mol. The van der Waals surface area contributed by atoms with Crippen molar-refractivity contribution >= 4 is 40.2 Å². The molecule has 1 heterocycles. The zero-order valence-electron chi connectivity index (χ0n) is 22.0. The highest BCUT2D eigenvalue weighted by Crippen LogP contribution is 2.30. The quantitative estimate of drug-likeness (QED) is 0.213. The van der Waals surface area contributed by atoms with Gasteiger partial charge in [-0.2, -0.15) is 0 Å². The third-order valence-corrected chi connectivity index (χ3v) is 6.90. The first kappa shape index (κ1) is 27.7. The highest BCUT2D eigenvalue weighted by Gasteiger charge is 2.15. The second-order valence-electron chi connectivity index (χ2n) is 8.66. The third kappa shape index (κ3) is 6.77. The molecule has 39 heavy (non-hydrogen) atoms. The number of amides is 2. The molecule has 0 unspecified atom stereocenters. The summed E-state index contributed by atoms with van der Waals surface area (Å²) in [6, 6.07) is 19.4. The number of nitrogens with one attached hydrogen (secondary N) is 2. The molecule has 202 valence electrons. The van der Waals surface area contributed by atoms with Crippen LogP contribution in [0.15, 0.2) is 76.7 Å². The van der Waals surface area contributed by atoms with Gasteiger partial charge in [-0.25, -0.2) is 4.98 Å². The first-order valence-corrected chi connectivity index (χ1v) is 13.4. The molecule has 4 rings (SSSR count). The van der Waals surface area contributed by atoms with E-state index in [4.69, 9.17) is 9.47 Å². The Morgan fingerprint density at radius 1 is 0.974 bits per heavy atom. The Labute approximate surface area is 230 Å². The van der Waals surface area contributed by atoms with Gasteiger partial charge in [-0.15, -0.1) is 0 Å². The van der Waals surface area contributed by atoms with Gasteiger partial charge in [0.15, 0.2) is 16.7 Å². The normalized spacial score (nSPS) is 10.7. The number of ether oxygens (including phenoxy) is 2. The standard InChI is InChI=1S/C29H30N4O5S/c1-4-15-30-27(35)20-11-9-19(10-12-20)17-33-28(36)22-7-5-6-8-23(22)32-29(33)39-18-26(34)31-21-13-14-24(37-2)25(16-21)38-3/h5-14,16H,4,15,17-18H2,1-3H3,(H,30,35)(H,31,34). The fourth-order valence-electron chi connectivity index (χ4n) is 3.92. The lowest BCUT2D eigenvalue weighted by Gasteiger charge is -2.14. The zero-order valence-corrected chi connectivity index (χ0v) is 22.8. The van der Waals surface area contributed by atoms with Gasteiger partial charge in [-0.3, -0.25) is 19.0 Å². The number of anilines is 1. The number of carbonyl (C=O) groups is 2. The second-order valence-corrected chi connectivity index (χ2v) is 9.60. The van der Waals surface area contributed by atoms with Crippen LogP contribution < -0.4 is 25.7 Å². The Hall–Kier alpha value is -4.31. The molecular weight excluding hydrogens is 516 g/mol. The van der Waals surface area contributed by atoms with Gasteiger partial charge >= 0.3 is 0 Å². The average Bonchev–Trinajstić information content (AvgIpc) is 2.96. The van der Waals surface area contributed by atoms with Crippen molar-refractivity contribution in [2.45, 2.75) is 25.0 Å². The van der Waals surface area contributed by atoms with Crippen LogP contribution in [-0.4, -0.2) is 47.9 Å². The molecule has 0 saturated heterocycles. The number of thioether (sulfide) groups is 1. The summed E-state index contributed by atoms with van der Waals surface area (Å²) in [6.45, 7) is 2.85. The van der Waals surface area contributed by atoms with Crippen molar-refractivity contribution in [3.63, 3.8) is 0 Å². The molecule has 0 aliphatic rings.